The molecule has 0 radical (unpaired) electrons. The second kappa shape index (κ2) is 5.85. The van der Waals surface area contributed by atoms with E-state index in [1.54, 1.807) is 6.07 Å². The number of carbonyl (C=O) groups excluding carboxylic acids is 1. The highest BCUT2D eigenvalue weighted by atomic mass is 35.5. The van der Waals surface area contributed by atoms with Crippen molar-refractivity contribution in [2.24, 2.45) is 0 Å². The number of carbonyl (C=O) groups is 1. The topological polar surface area (TPSA) is 30.0 Å². The molecule has 2 nitrogen and oxygen atoms in total. The van der Waals surface area contributed by atoms with E-state index in [1.807, 2.05) is 0 Å². The van der Waals surface area contributed by atoms with E-state index >= 15 is 0 Å². The van der Waals surface area contributed by atoms with Crippen LogP contribution in [0.3, 0.4) is 0 Å². The zero-order valence-corrected chi connectivity index (χ0v) is 11.4. The number of alkyl halides is 3. The third-order valence-corrected chi connectivity index (χ3v) is 3.61. The second-order valence-corrected chi connectivity index (χ2v) is 5.29. The Bertz CT molecular complexity index is 629. The molecule has 2 aromatic rings. The fraction of sp³-hybridized carbons (Fsp3) is 0.0769. The average molecular weight is 318 g/mol. The van der Waals surface area contributed by atoms with Crippen molar-refractivity contribution in [3.05, 3.63) is 52.7 Å². The Balaban J connectivity index is 2.40. The lowest BCUT2D eigenvalue weighted by Crippen LogP contribution is -2.07. The van der Waals surface area contributed by atoms with Crippen molar-refractivity contribution >= 4 is 29.6 Å². The fourth-order valence-corrected chi connectivity index (χ4v) is 2.47. The van der Waals surface area contributed by atoms with Gasteiger partial charge in [0.05, 0.1) is 10.6 Å². The third-order valence-electron chi connectivity index (χ3n) is 2.36. The maximum absolute atomic E-state index is 13.0. The summed E-state index contributed by atoms with van der Waals surface area (Å²) in [4.78, 5) is 14.5. The molecule has 1 aromatic carbocycles. The van der Waals surface area contributed by atoms with E-state index in [0.29, 0.717) is 16.3 Å². The first kappa shape index (κ1) is 14.9. The highest BCUT2D eigenvalue weighted by molar-refractivity contribution is 7.99. The lowest BCUT2D eigenvalue weighted by molar-refractivity contribution is -0.139. The molecular weight excluding hydrogens is 311 g/mol. The quantitative estimate of drug-likeness (QED) is 0.767. The highest BCUT2D eigenvalue weighted by Gasteiger charge is 2.34. The number of hydrogen-bond donors (Lipinski definition) is 0. The minimum atomic E-state index is -4.53. The summed E-state index contributed by atoms with van der Waals surface area (Å²) in [5, 5.41) is 0.792. The molecule has 1 aromatic heterocycles. The smallest absolute Gasteiger partial charge is 0.298 e. The summed E-state index contributed by atoms with van der Waals surface area (Å²) in [6, 6.07) is 6.49. The van der Waals surface area contributed by atoms with Gasteiger partial charge in [0, 0.05) is 16.7 Å². The lowest BCUT2D eigenvalue weighted by atomic mass is 10.1. The van der Waals surface area contributed by atoms with E-state index in [-0.39, 0.29) is 10.5 Å². The van der Waals surface area contributed by atoms with Gasteiger partial charge in [-0.1, -0.05) is 29.4 Å². The Labute approximate surface area is 122 Å². The van der Waals surface area contributed by atoms with E-state index in [9.17, 15) is 18.0 Å². The van der Waals surface area contributed by atoms with Gasteiger partial charge in [-0.2, -0.15) is 13.2 Å². The molecule has 0 aliphatic heterocycles. The Hall–Kier alpha value is -1.53. The van der Waals surface area contributed by atoms with Crippen LogP contribution < -0.4 is 0 Å². The molecule has 2 rings (SSSR count). The number of halogens is 4. The first-order valence-corrected chi connectivity index (χ1v) is 6.55. The molecule has 0 amide bonds. The molecule has 0 bridgehead atoms. The zero-order chi connectivity index (χ0) is 14.8. The van der Waals surface area contributed by atoms with Gasteiger partial charge in [0.1, 0.15) is 11.3 Å². The Kier molecular flexibility index (Phi) is 4.35. The van der Waals surface area contributed by atoms with Crippen molar-refractivity contribution in [2.45, 2.75) is 16.1 Å². The molecule has 104 valence electrons. The van der Waals surface area contributed by atoms with E-state index in [4.69, 9.17) is 11.6 Å². The molecule has 0 unspecified atom stereocenters. The number of pyridine rings is 1. The highest BCUT2D eigenvalue weighted by Crippen LogP contribution is 2.39. The van der Waals surface area contributed by atoms with Crippen LogP contribution in [0.25, 0.3) is 0 Å². The van der Waals surface area contributed by atoms with Gasteiger partial charge >= 0.3 is 6.18 Å². The molecule has 0 aliphatic rings. The van der Waals surface area contributed by atoms with Crippen molar-refractivity contribution in [3.8, 4) is 0 Å². The number of benzene rings is 1. The van der Waals surface area contributed by atoms with Crippen LogP contribution in [0.5, 0.6) is 0 Å². The van der Waals surface area contributed by atoms with Crippen LogP contribution in [0.1, 0.15) is 15.9 Å². The monoisotopic (exact) mass is 317 g/mol. The van der Waals surface area contributed by atoms with Gasteiger partial charge in [-0.25, -0.2) is 4.98 Å². The molecule has 0 saturated heterocycles. The minimum absolute atomic E-state index is 0.0158. The van der Waals surface area contributed by atoms with Crippen LogP contribution >= 0.6 is 23.4 Å². The van der Waals surface area contributed by atoms with E-state index in [1.165, 1.54) is 24.4 Å². The van der Waals surface area contributed by atoms with Crippen LogP contribution in [-0.4, -0.2) is 11.3 Å². The van der Waals surface area contributed by atoms with Crippen LogP contribution in [-0.2, 0) is 6.18 Å². The molecule has 1 heterocycles. The lowest BCUT2D eigenvalue weighted by Gasteiger charge is -2.12. The first-order chi connectivity index (χ1) is 9.40. The first-order valence-electron chi connectivity index (χ1n) is 5.36. The molecule has 0 fully saturated rings. The Morgan fingerprint density at radius 1 is 1.20 bits per heavy atom. The van der Waals surface area contributed by atoms with Crippen LogP contribution in [0.2, 0.25) is 5.02 Å². The summed E-state index contributed by atoms with van der Waals surface area (Å²) in [5.74, 6) is 0. The second-order valence-electron chi connectivity index (χ2n) is 3.79. The minimum Gasteiger partial charge on any atom is -0.298 e. The van der Waals surface area contributed by atoms with Gasteiger partial charge in [0.2, 0.25) is 0 Å². The van der Waals surface area contributed by atoms with Gasteiger partial charge in [-0.3, -0.25) is 4.79 Å². The van der Waals surface area contributed by atoms with Gasteiger partial charge in [-0.15, -0.1) is 0 Å². The number of nitrogens with zero attached hydrogens (tertiary/aromatic N) is 1. The van der Waals surface area contributed by atoms with Gasteiger partial charge in [-0.05, 0) is 24.3 Å². The van der Waals surface area contributed by atoms with Crippen molar-refractivity contribution < 1.29 is 18.0 Å². The molecule has 0 saturated carbocycles. The maximum Gasteiger partial charge on any atom is 0.417 e. The van der Waals surface area contributed by atoms with E-state index < -0.39 is 11.7 Å². The van der Waals surface area contributed by atoms with Gasteiger partial charge in [0.15, 0.2) is 0 Å². The molecule has 7 heteroatoms. The average Bonchev–Trinajstić information content (AvgIpc) is 2.40. The number of rotatable bonds is 3. The number of aromatic nitrogens is 1. The maximum atomic E-state index is 13.0. The molecule has 0 N–H and O–H groups in total. The summed E-state index contributed by atoms with van der Waals surface area (Å²) in [5.41, 5.74) is -0.880. The third kappa shape index (κ3) is 3.52. The van der Waals surface area contributed by atoms with Crippen molar-refractivity contribution in [1.82, 2.24) is 4.98 Å². The standard InChI is InChI=1S/C13H7ClF3NOS/c14-9-2-4-12(18-6-9)20-11-3-1-8(7-19)5-10(11)13(15,16)17/h1-7H. The SMILES string of the molecule is O=Cc1ccc(Sc2ccc(Cl)cn2)c(C(F)(F)F)c1. The van der Waals surface area contributed by atoms with Crippen molar-refractivity contribution in [1.29, 1.82) is 0 Å². The van der Waals surface area contributed by atoms with Gasteiger partial charge in [0.25, 0.3) is 0 Å². The van der Waals surface area contributed by atoms with Crippen LogP contribution in [0, 0.1) is 0 Å². The predicted octanol–water partition coefficient (Wildman–Crippen LogP) is 4.72. The van der Waals surface area contributed by atoms with E-state index in [0.717, 1.165) is 17.8 Å². The Morgan fingerprint density at radius 2 is 1.95 bits per heavy atom. The summed E-state index contributed by atoms with van der Waals surface area (Å²) < 4.78 is 38.9. The van der Waals surface area contributed by atoms with Crippen molar-refractivity contribution in [3.63, 3.8) is 0 Å². The van der Waals surface area contributed by atoms with E-state index in [2.05, 4.69) is 4.98 Å². The van der Waals surface area contributed by atoms with Crippen molar-refractivity contribution in [2.75, 3.05) is 0 Å². The normalized spacial score (nSPS) is 11.4. The summed E-state index contributed by atoms with van der Waals surface area (Å²) in [6.07, 6.45) is -2.80. The summed E-state index contributed by atoms with van der Waals surface area (Å²) in [6.45, 7) is 0. The fourth-order valence-electron chi connectivity index (χ4n) is 1.47. The molecular formula is C13H7ClF3NOS. The Morgan fingerprint density at radius 3 is 2.50 bits per heavy atom. The molecule has 0 spiro atoms. The largest absolute Gasteiger partial charge is 0.417 e. The summed E-state index contributed by atoms with van der Waals surface area (Å²) >= 11 is 6.53. The molecule has 20 heavy (non-hydrogen) atoms. The summed E-state index contributed by atoms with van der Waals surface area (Å²) in [7, 11) is 0. The van der Waals surface area contributed by atoms with Crippen LogP contribution in [0.4, 0.5) is 13.2 Å². The predicted molar refractivity (Wildman–Crippen MR) is 70.2 cm³/mol. The van der Waals surface area contributed by atoms with Gasteiger partial charge < -0.3 is 0 Å². The molecule has 0 atom stereocenters. The zero-order valence-electron chi connectivity index (χ0n) is 9.82. The molecule has 0 aliphatic carbocycles. The number of hydrogen-bond acceptors (Lipinski definition) is 3. The van der Waals surface area contributed by atoms with Crippen LogP contribution in [0.15, 0.2) is 46.5 Å². The number of aldehydes is 1.